The van der Waals surface area contributed by atoms with Gasteiger partial charge < -0.3 is 10.1 Å². The predicted molar refractivity (Wildman–Crippen MR) is 107 cm³/mol. The van der Waals surface area contributed by atoms with E-state index >= 15 is 0 Å². The zero-order valence-corrected chi connectivity index (χ0v) is 16.4. The van der Waals surface area contributed by atoms with E-state index in [4.69, 9.17) is 4.74 Å². The lowest BCUT2D eigenvalue weighted by Gasteiger charge is -2.31. The molecule has 1 aromatic heterocycles. The minimum atomic E-state index is -0.812. The van der Waals surface area contributed by atoms with Crippen molar-refractivity contribution in [3.8, 4) is 16.5 Å². The minimum Gasteiger partial charge on any atom is -0.451 e. The fourth-order valence-corrected chi connectivity index (χ4v) is 5.26. The van der Waals surface area contributed by atoms with Crippen LogP contribution < -0.4 is 5.32 Å². The quantitative estimate of drug-likeness (QED) is 0.795. The van der Waals surface area contributed by atoms with Crippen LogP contribution in [0.15, 0.2) is 30.3 Å². The zero-order chi connectivity index (χ0) is 19.6. The molecule has 0 unspecified atom stereocenters. The maximum atomic E-state index is 12.5. The average molecular weight is 394 g/mol. The smallest absolute Gasteiger partial charge is 0.348 e. The van der Waals surface area contributed by atoms with Gasteiger partial charge in [0.15, 0.2) is 6.61 Å². The normalized spacial score (nSPS) is 17.0. The number of fused-ring (bicyclic) bond motifs is 3. The van der Waals surface area contributed by atoms with E-state index in [2.05, 4.69) is 23.5 Å². The van der Waals surface area contributed by atoms with E-state index in [9.17, 15) is 14.9 Å². The number of nitrogens with one attached hydrogen (secondary N) is 1. The number of amides is 1. The summed E-state index contributed by atoms with van der Waals surface area (Å²) in [5.74, 6) is -0.898. The molecule has 1 heterocycles. The van der Waals surface area contributed by atoms with Crippen LogP contribution >= 0.6 is 11.3 Å². The monoisotopic (exact) mass is 394 g/mol. The molecule has 4 rings (SSSR count). The molecule has 6 heteroatoms. The Kier molecular flexibility index (Phi) is 5.19. The molecule has 0 atom stereocenters. The van der Waals surface area contributed by atoms with Crippen molar-refractivity contribution in [2.45, 2.75) is 50.5 Å². The van der Waals surface area contributed by atoms with Crippen molar-refractivity contribution in [2.75, 3.05) is 6.61 Å². The molecule has 5 nitrogen and oxygen atoms in total. The second-order valence-corrected chi connectivity index (χ2v) is 8.55. The van der Waals surface area contributed by atoms with Gasteiger partial charge in [-0.05, 0) is 48.4 Å². The molecule has 0 aliphatic heterocycles. The van der Waals surface area contributed by atoms with Gasteiger partial charge in [-0.1, -0.05) is 43.5 Å². The van der Waals surface area contributed by atoms with E-state index in [0.717, 1.165) is 42.5 Å². The van der Waals surface area contributed by atoms with Crippen molar-refractivity contribution in [1.29, 1.82) is 5.26 Å². The number of carbonyl (C=O) groups excluding carboxylic acids is 2. The van der Waals surface area contributed by atoms with E-state index in [1.165, 1.54) is 22.5 Å². The van der Waals surface area contributed by atoms with Crippen molar-refractivity contribution in [3.63, 3.8) is 0 Å². The van der Waals surface area contributed by atoms with Crippen LogP contribution in [0.3, 0.4) is 0 Å². The fourth-order valence-electron chi connectivity index (χ4n) is 4.10. The van der Waals surface area contributed by atoms with E-state index < -0.39 is 17.4 Å². The Balaban J connectivity index is 1.39. The molecular weight excluding hydrogens is 372 g/mol. The van der Waals surface area contributed by atoms with Crippen LogP contribution in [0.5, 0.6) is 0 Å². The summed E-state index contributed by atoms with van der Waals surface area (Å²) in [6, 6.07) is 12.4. The van der Waals surface area contributed by atoms with Crippen LogP contribution in [0.1, 0.15) is 52.9 Å². The third-order valence-corrected chi connectivity index (χ3v) is 6.76. The molecule has 0 saturated heterocycles. The predicted octanol–water partition coefficient (Wildman–Crippen LogP) is 4.01. The summed E-state index contributed by atoms with van der Waals surface area (Å²) >= 11 is 1.42. The number of aryl methyl sites for hydroxylation is 2. The van der Waals surface area contributed by atoms with Crippen molar-refractivity contribution in [2.24, 2.45) is 0 Å². The van der Waals surface area contributed by atoms with Crippen LogP contribution in [0.25, 0.3) is 10.4 Å². The van der Waals surface area contributed by atoms with Gasteiger partial charge in [0.2, 0.25) is 0 Å². The largest absolute Gasteiger partial charge is 0.451 e. The number of hydrogen-bond donors (Lipinski definition) is 1. The van der Waals surface area contributed by atoms with Gasteiger partial charge in [0.1, 0.15) is 10.4 Å². The summed E-state index contributed by atoms with van der Waals surface area (Å²) in [4.78, 5) is 26.3. The summed E-state index contributed by atoms with van der Waals surface area (Å²) in [5, 5.41) is 12.2. The maximum absolute atomic E-state index is 12.5. The molecule has 1 aromatic carbocycles. The van der Waals surface area contributed by atoms with Crippen molar-refractivity contribution < 1.29 is 14.3 Å². The molecule has 1 saturated carbocycles. The number of benzene rings is 1. The van der Waals surface area contributed by atoms with E-state index in [1.54, 1.807) is 0 Å². The van der Waals surface area contributed by atoms with Gasteiger partial charge >= 0.3 is 5.97 Å². The number of nitriles is 1. The maximum Gasteiger partial charge on any atom is 0.348 e. The van der Waals surface area contributed by atoms with Gasteiger partial charge in [0.05, 0.1) is 6.07 Å². The lowest BCUT2D eigenvalue weighted by Crippen LogP contribution is -2.50. The number of ether oxygens (including phenoxy) is 1. The number of hydrogen-bond acceptors (Lipinski definition) is 5. The Bertz CT molecular complexity index is 951. The summed E-state index contributed by atoms with van der Waals surface area (Å²) in [6.07, 6.45) is 6.11. The topological polar surface area (TPSA) is 79.2 Å². The second kappa shape index (κ2) is 7.76. The third-order valence-electron chi connectivity index (χ3n) is 5.57. The van der Waals surface area contributed by atoms with Gasteiger partial charge in [0.25, 0.3) is 5.91 Å². The number of thiophene rings is 1. The molecule has 1 fully saturated rings. The first kappa shape index (κ1) is 18.7. The molecule has 2 aromatic rings. The number of esters is 1. The van der Waals surface area contributed by atoms with Crippen LogP contribution in [-0.4, -0.2) is 24.0 Å². The first-order chi connectivity index (χ1) is 13.6. The first-order valence-electron chi connectivity index (χ1n) is 9.71. The zero-order valence-electron chi connectivity index (χ0n) is 15.6. The average Bonchev–Trinajstić information content (AvgIpc) is 3.18. The highest BCUT2D eigenvalue weighted by Crippen LogP contribution is 2.39. The lowest BCUT2D eigenvalue weighted by atomic mass is 9.83. The molecule has 1 amide bonds. The summed E-state index contributed by atoms with van der Waals surface area (Å²) < 4.78 is 5.24. The standard InChI is InChI=1S/C22H22N2O3S/c23-14-22(10-4-1-5-11-22)24-19(25)13-27-21(26)18-12-16-9-8-15-6-2-3-7-17(15)20(16)28-18/h2-3,6-7,12H,1,4-5,8-11,13H2,(H,24,25). The van der Waals surface area contributed by atoms with Crippen molar-refractivity contribution >= 4 is 23.2 Å². The molecular formula is C22H22N2O3S. The summed E-state index contributed by atoms with van der Waals surface area (Å²) in [6.45, 7) is -0.360. The van der Waals surface area contributed by atoms with Crippen LogP contribution in [-0.2, 0) is 22.4 Å². The minimum absolute atomic E-state index is 0.360. The Morgan fingerprint density at radius 2 is 1.89 bits per heavy atom. The highest BCUT2D eigenvalue weighted by molar-refractivity contribution is 7.17. The van der Waals surface area contributed by atoms with Crippen molar-refractivity contribution in [1.82, 2.24) is 5.32 Å². The molecule has 0 spiro atoms. The van der Waals surface area contributed by atoms with Gasteiger partial charge in [-0.3, -0.25) is 4.79 Å². The number of rotatable bonds is 4. The Morgan fingerprint density at radius 1 is 1.14 bits per heavy atom. The van der Waals surface area contributed by atoms with Crippen LogP contribution in [0.4, 0.5) is 0 Å². The van der Waals surface area contributed by atoms with Crippen LogP contribution in [0, 0.1) is 11.3 Å². The van der Waals surface area contributed by atoms with Gasteiger partial charge in [-0.2, -0.15) is 5.26 Å². The van der Waals surface area contributed by atoms with Gasteiger partial charge in [-0.15, -0.1) is 11.3 Å². The molecule has 1 N–H and O–H groups in total. The third kappa shape index (κ3) is 3.67. The lowest BCUT2D eigenvalue weighted by molar-refractivity contribution is -0.125. The van der Waals surface area contributed by atoms with E-state index in [0.29, 0.717) is 17.7 Å². The first-order valence-corrected chi connectivity index (χ1v) is 10.5. The summed E-state index contributed by atoms with van der Waals surface area (Å²) in [5.41, 5.74) is 2.82. The molecule has 0 bridgehead atoms. The highest BCUT2D eigenvalue weighted by atomic mass is 32.1. The van der Waals surface area contributed by atoms with Gasteiger partial charge in [0, 0.05) is 4.88 Å². The van der Waals surface area contributed by atoms with Crippen molar-refractivity contribution in [3.05, 3.63) is 46.3 Å². The highest BCUT2D eigenvalue weighted by Gasteiger charge is 2.33. The number of carbonyl (C=O) groups is 2. The van der Waals surface area contributed by atoms with Gasteiger partial charge in [-0.25, -0.2) is 4.79 Å². The molecule has 28 heavy (non-hydrogen) atoms. The Labute approximate surface area is 168 Å². The summed E-state index contributed by atoms with van der Waals surface area (Å²) in [7, 11) is 0. The molecule has 2 aliphatic rings. The Hall–Kier alpha value is -2.65. The van der Waals surface area contributed by atoms with E-state index in [-0.39, 0.29) is 6.61 Å². The fraction of sp³-hybridized carbons (Fsp3) is 0.409. The number of nitrogens with zero attached hydrogens (tertiary/aromatic N) is 1. The second-order valence-electron chi connectivity index (χ2n) is 7.50. The molecule has 2 aliphatic carbocycles. The molecule has 144 valence electrons. The van der Waals surface area contributed by atoms with E-state index in [1.807, 2.05) is 18.2 Å². The van der Waals surface area contributed by atoms with Crippen LogP contribution in [0.2, 0.25) is 0 Å². The SMILES string of the molecule is N#CC1(NC(=O)COC(=O)c2cc3c(s2)-c2ccccc2CC3)CCCCC1. The Morgan fingerprint density at radius 3 is 2.68 bits per heavy atom. The molecule has 0 radical (unpaired) electrons.